The minimum Gasteiger partial charge on any atom is -0.369 e. The van der Waals surface area contributed by atoms with Crippen molar-refractivity contribution in [2.24, 2.45) is 23.5 Å². The summed E-state index contributed by atoms with van der Waals surface area (Å²) in [4.78, 5) is 40.9. The average Bonchev–Trinajstić information content (AvgIpc) is 3.02. The molecule has 0 aliphatic carbocycles. The second-order valence-corrected chi connectivity index (χ2v) is 10.6. The molecule has 1 fully saturated rings. The molecule has 0 bridgehead atoms. The minimum atomic E-state index is -0.633. The van der Waals surface area contributed by atoms with Crippen LogP contribution < -0.4 is 11.1 Å². The van der Waals surface area contributed by atoms with E-state index in [9.17, 15) is 18.8 Å². The lowest BCUT2D eigenvalue weighted by atomic mass is 9.81. The molecule has 7 heteroatoms. The third kappa shape index (κ3) is 7.88. The average molecular weight is 510 g/mol. The molecule has 1 aliphatic heterocycles. The van der Waals surface area contributed by atoms with Crippen LogP contribution in [0.3, 0.4) is 0 Å². The van der Waals surface area contributed by atoms with Gasteiger partial charge in [-0.25, -0.2) is 4.39 Å². The third-order valence-corrected chi connectivity index (χ3v) is 7.07. The molecule has 2 aromatic carbocycles. The van der Waals surface area contributed by atoms with E-state index in [0.29, 0.717) is 32.4 Å². The van der Waals surface area contributed by atoms with Crippen LogP contribution in [0.15, 0.2) is 48.5 Å². The number of nitrogens with zero attached hydrogens (tertiary/aromatic N) is 1. The van der Waals surface area contributed by atoms with Crippen molar-refractivity contribution in [2.45, 2.75) is 71.9 Å². The first-order valence-corrected chi connectivity index (χ1v) is 13.4. The molecule has 0 radical (unpaired) electrons. The molecule has 3 N–H and O–H groups in total. The van der Waals surface area contributed by atoms with Gasteiger partial charge in [0.05, 0.1) is 0 Å². The van der Waals surface area contributed by atoms with E-state index < -0.39 is 23.8 Å². The molecule has 1 saturated heterocycles. The Morgan fingerprint density at radius 3 is 2.43 bits per heavy atom. The third-order valence-electron chi connectivity index (χ3n) is 7.07. The summed E-state index contributed by atoms with van der Waals surface area (Å²) in [5.74, 6) is -2.02. The Kier molecular flexibility index (Phi) is 10.2. The van der Waals surface area contributed by atoms with Gasteiger partial charge in [0.25, 0.3) is 0 Å². The van der Waals surface area contributed by atoms with Gasteiger partial charge in [0.15, 0.2) is 0 Å². The van der Waals surface area contributed by atoms with Crippen LogP contribution in [-0.4, -0.2) is 35.2 Å². The number of nitrogens with one attached hydrogen (secondary N) is 1. The highest BCUT2D eigenvalue weighted by atomic mass is 19.1. The standard InChI is InChI=1S/C30H40FN3O3/c1-4-9-25(28(32)35)26(16-20(2)3)29(36)33-27-14-5-6-15-34(30(27)37)19-21-10-7-11-22(17-21)23-12-8-13-24(31)18-23/h7-8,10-13,17-18,20,25-27H,4-6,9,14-16,19H2,1-3H3,(H2,32,35)(H,33,36). The van der Waals surface area contributed by atoms with Crippen molar-refractivity contribution >= 4 is 17.7 Å². The second-order valence-electron chi connectivity index (χ2n) is 10.6. The van der Waals surface area contributed by atoms with Gasteiger partial charge in [0, 0.05) is 24.9 Å². The zero-order chi connectivity index (χ0) is 26.9. The summed E-state index contributed by atoms with van der Waals surface area (Å²) in [6, 6.07) is 13.6. The van der Waals surface area contributed by atoms with Crippen molar-refractivity contribution in [1.82, 2.24) is 10.2 Å². The van der Waals surface area contributed by atoms with Gasteiger partial charge in [0.1, 0.15) is 11.9 Å². The number of carbonyl (C=O) groups is 3. The maximum atomic E-state index is 13.7. The van der Waals surface area contributed by atoms with Crippen LogP contribution in [0, 0.1) is 23.6 Å². The van der Waals surface area contributed by atoms with Crippen molar-refractivity contribution in [3.05, 3.63) is 59.9 Å². The van der Waals surface area contributed by atoms with Gasteiger partial charge in [-0.05, 0) is 72.9 Å². The molecule has 3 amide bonds. The molecule has 3 atom stereocenters. The molecule has 3 rings (SSSR count). The fraction of sp³-hybridized carbons (Fsp3) is 0.500. The highest BCUT2D eigenvalue weighted by Crippen LogP contribution is 2.27. The Balaban J connectivity index is 1.75. The summed E-state index contributed by atoms with van der Waals surface area (Å²) in [5.41, 5.74) is 8.28. The lowest BCUT2D eigenvalue weighted by molar-refractivity contribution is -0.139. The largest absolute Gasteiger partial charge is 0.369 e. The second kappa shape index (κ2) is 13.4. The van der Waals surface area contributed by atoms with Crippen LogP contribution in [0.4, 0.5) is 4.39 Å². The van der Waals surface area contributed by atoms with Crippen LogP contribution >= 0.6 is 0 Å². The molecule has 200 valence electrons. The fourth-order valence-electron chi connectivity index (χ4n) is 5.23. The fourth-order valence-corrected chi connectivity index (χ4v) is 5.23. The number of amides is 3. The maximum Gasteiger partial charge on any atom is 0.245 e. The summed E-state index contributed by atoms with van der Waals surface area (Å²) in [5, 5.41) is 2.99. The first kappa shape index (κ1) is 28.4. The number of hydrogen-bond donors (Lipinski definition) is 2. The van der Waals surface area contributed by atoms with Gasteiger partial charge in [-0.1, -0.05) is 57.5 Å². The Hall–Kier alpha value is -3.22. The monoisotopic (exact) mass is 509 g/mol. The van der Waals surface area contributed by atoms with Crippen LogP contribution in [-0.2, 0) is 20.9 Å². The Labute approximate surface area is 219 Å². The van der Waals surface area contributed by atoms with Crippen molar-refractivity contribution in [3.63, 3.8) is 0 Å². The molecular weight excluding hydrogens is 469 g/mol. The van der Waals surface area contributed by atoms with E-state index in [1.165, 1.54) is 12.1 Å². The topological polar surface area (TPSA) is 92.5 Å². The molecular formula is C30H40FN3O3. The Morgan fingerprint density at radius 1 is 1.08 bits per heavy atom. The van der Waals surface area contributed by atoms with Crippen LogP contribution in [0.5, 0.6) is 0 Å². The molecule has 1 heterocycles. The lowest BCUT2D eigenvalue weighted by Crippen LogP contribution is -2.50. The van der Waals surface area contributed by atoms with Crippen LogP contribution in [0.1, 0.15) is 64.9 Å². The number of carbonyl (C=O) groups excluding carboxylic acids is 3. The maximum absolute atomic E-state index is 13.7. The van der Waals surface area contributed by atoms with E-state index in [-0.39, 0.29) is 23.5 Å². The van der Waals surface area contributed by atoms with E-state index in [2.05, 4.69) is 5.32 Å². The number of nitrogens with two attached hydrogens (primary N) is 1. The molecule has 2 aromatic rings. The van der Waals surface area contributed by atoms with Gasteiger partial charge in [0.2, 0.25) is 17.7 Å². The zero-order valence-corrected chi connectivity index (χ0v) is 22.2. The summed E-state index contributed by atoms with van der Waals surface area (Å²) in [7, 11) is 0. The van der Waals surface area contributed by atoms with Gasteiger partial charge in [-0.2, -0.15) is 0 Å². The first-order valence-electron chi connectivity index (χ1n) is 13.4. The van der Waals surface area contributed by atoms with E-state index in [0.717, 1.165) is 36.0 Å². The van der Waals surface area contributed by atoms with Gasteiger partial charge in [-0.15, -0.1) is 0 Å². The summed E-state index contributed by atoms with van der Waals surface area (Å²) in [6.07, 6.45) is 4.06. The molecule has 1 aliphatic rings. The van der Waals surface area contributed by atoms with Crippen molar-refractivity contribution in [2.75, 3.05) is 6.54 Å². The van der Waals surface area contributed by atoms with Gasteiger partial charge >= 0.3 is 0 Å². The summed E-state index contributed by atoms with van der Waals surface area (Å²) < 4.78 is 13.7. The Bertz CT molecular complexity index is 1090. The first-order chi connectivity index (χ1) is 17.7. The van der Waals surface area contributed by atoms with Gasteiger partial charge in [-0.3, -0.25) is 14.4 Å². The molecule has 3 unspecified atom stereocenters. The number of benzene rings is 2. The number of likely N-dealkylation sites (tertiary alicyclic amines) is 1. The number of hydrogen-bond acceptors (Lipinski definition) is 3. The minimum absolute atomic E-state index is 0.114. The zero-order valence-electron chi connectivity index (χ0n) is 22.2. The lowest BCUT2D eigenvalue weighted by Gasteiger charge is -2.29. The summed E-state index contributed by atoms with van der Waals surface area (Å²) in [6.45, 7) is 7.01. The quantitative estimate of drug-likeness (QED) is 0.444. The van der Waals surface area contributed by atoms with E-state index in [4.69, 9.17) is 5.73 Å². The molecule has 0 saturated carbocycles. The molecule has 37 heavy (non-hydrogen) atoms. The SMILES string of the molecule is CCCC(C(N)=O)C(CC(C)C)C(=O)NC1CCCCN(Cc2cccc(-c3cccc(F)c3)c2)C1=O. The number of primary amides is 1. The number of halogens is 1. The predicted octanol–water partition coefficient (Wildman–Crippen LogP) is 5.05. The highest BCUT2D eigenvalue weighted by molar-refractivity contribution is 5.91. The van der Waals surface area contributed by atoms with E-state index in [1.54, 1.807) is 11.0 Å². The summed E-state index contributed by atoms with van der Waals surface area (Å²) >= 11 is 0. The molecule has 0 spiro atoms. The van der Waals surface area contributed by atoms with Crippen molar-refractivity contribution in [1.29, 1.82) is 0 Å². The van der Waals surface area contributed by atoms with E-state index >= 15 is 0 Å². The normalized spacial score (nSPS) is 17.8. The van der Waals surface area contributed by atoms with Crippen molar-refractivity contribution in [3.8, 4) is 11.1 Å². The van der Waals surface area contributed by atoms with Crippen molar-refractivity contribution < 1.29 is 18.8 Å². The van der Waals surface area contributed by atoms with E-state index in [1.807, 2.05) is 51.1 Å². The molecule has 6 nitrogen and oxygen atoms in total. The predicted molar refractivity (Wildman–Crippen MR) is 144 cm³/mol. The smallest absolute Gasteiger partial charge is 0.245 e. The highest BCUT2D eigenvalue weighted by Gasteiger charge is 2.35. The van der Waals surface area contributed by atoms with Gasteiger partial charge < -0.3 is 16.0 Å². The van der Waals surface area contributed by atoms with Crippen LogP contribution in [0.25, 0.3) is 11.1 Å². The molecule has 0 aromatic heterocycles. The Morgan fingerprint density at radius 2 is 1.78 bits per heavy atom. The number of rotatable bonds is 11. The van der Waals surface area contributed by atoms with Crippen LogP contribution in [0.2, 0.25) is 0 Å².